The zero-order valence-electron chi connectivity index (χ0n) is 20.9. The number of halogens is 2. The predicted octanol–water partition coefficient (Wildman–Crippen LogP) is 5.04. The normalized spacial score (nSPS) is 19.2. The summed E-state index contributed by atoms with van der Waals surface area (Å²) in [4.78, 5) is 33.4. The largest absolute Gasteiger partial charge is 0.481 e. The highest BCUT2D eigenvalue weighted by Gasteiger charge is 2.55. The number of methoxy groups -OCH3 is 1. The fourth-order valence-electron chi connectivity index (χ4n) is 6.18. The molecule has 5 rings (SSSR count). The molecule has 0 bridgehead atoms. The first-order valence-corrected chi connectivity index (χ1v) is 13.5. The Bertz CT molecular complexity index is 1160. The molecule has 1 atom stereocenters. The standard InChI is InChI=1S/C27H32Cl2N4O4/c1-37-26(36)33(23(12-24(34)35)18-9-19(28)11-20(29)10-18)22-13-27(14-22)15-32(16-27)8-6-21-5-4-17-3-2-7-30-25(17)31-21/h4-5,9-11,22-23H,2-3,6-8,12-16H2,1H3,(H,30,31)(H,34,35)/t23-/m0/s1. The third-order valence-corrected chi connectivity index (χ3v) is 8.28. The number of pyridine rings is 1. The van der Waals surface area contributed by atoms with Gasteiger partial charge in [-0.3, -0.25) is 9.69 Å². The van der Waals surface area contributed by atoms with E-state index in [1.54, 1.807) is 23.1 Å². The number of benzene rings is 1. The molecular weight excluding hydrogens is 515 g/mol. The molecule has 2 aliphatic heterocycles. The number of carboxylic acid groups (broad SMARTS) is 1. The van der Waals surface area contributed by atoms with Gasteiger partial charge in [-0.1, -0.05) is 29.3 Å². The van der Waals surface area contributed by atoms with Crippen LogP contribution in [0.2, 0.25) is 10.0 Å². The molecule has 1 amide bonds. The topological polar surface area (TPSA) is 95.0 Å². The van der Waals surface area contributed by atoms with Crippen LogP contribution in [0.4, 0.5) is 10.6 Å². The molecule has 3 heterocycles. The van der Waals surface area contributed by atoms with Crippen molar-refractivity contribution >= 4 is 41.1 Å². The Morgan fingerprint density at radius 1 is 1.24 bits per heavy atom. The number of anilines is 1. The lowest BCUT2D eigenvalue weighted by Crippen LogP contribution is -2.67. The van der Waals surface area contributed by atoms with Crippen molar-refractivity contribution in [1.82, 2.24) is 14.8 Å². The van der Waals surface area contributed by atoms with E-state index in [4.69, 9.17) is 32.9 Å². The maximum Gasteiger partial charge on any atom is 0.410 e. The molecule has 8 nitrogen and oxygen atoms in total. The number of nitrogens with zero attached hydrogens (tertiary/aromatic N) is 3. The zero-order valence-corrected chi connectivity index (χ0v) is 22.4. The molecule has 1 saturated carbocycles. The third-order valence-electron chi connectivity index (χ3n) is 7.84. The molecule has 2 fully saturated rings. The van der Waals surface area contributed by atoms with Gasteiger partial charge in [-0.05, 0) is 66.5 Å². The summed E-state index contributed by atoms with van der Waals surface area (Å²) in [6.07, 6.45) is 3.97. The Hall–Kier alpha value is -2.55. The van der Waals surface area contributed by atoms with Gasteiger partial charge in [-0.2, -0.15) is 0 Å². The number of aromatic nitrogens is 1. The van der Waals surface area contributed by atoms with E-state index in [-0.39, 0.29) is 17.9 Å². The molecule has 1 aliphatic carbocycles. The molecule has 198 valence electrons. The van der Waals surface area contributed by atoms with E-state index in [1.165, 1.54) is 12.7 Å². The average Bonchev–Trinajstić information content (AvgIpc) is 2.81. The van der Waals surface area contributed by atoms with E-state index in [9.17, 15) is 14.7 Å². The summed E-state index contributed by atoms with van der Waals surface area (Å²) in [5.41, 5.74) is 3.15. The smallest absolute Gasteiger partial charge is 0.410 e. The molecule has 0 unspecified atom stereocenters. The summed E-state index contributed by atoms with van der Waals surface area (Å²) in [6, 6.07) is 8.43. The number of amides is 1. The van der Waals surface area contributed by atoms with E-state index in [0.717, 1.165) is 69.8 Å². The summed E-state index contributed by atoms with van der Waals surface area (Å²) in [5.74, 6) is 0.0234. The van der Waals surface area contributed by atoms with Crippen molar-refractivity contribution < 1.29 is 19.4 Å². The van der Waals surface area contributed by atoms with Crippen LogP contribution in [0, 0.1) is 5.41 Å². The molecule has 2 N–H and O–H groups in total. The SMILES string of the molecule is COC(=O)N(C1CC2(C1)CN(CCc1ccc3c(n1)NCCC3)C2)[C@@H](CC(=O)O)c1cc(Cl)cc(Cl)c1. The molecule has 1 saturated heterocycles. The van der Waals surface area contributed by atoms with Gasteiger partial charge in [0.15, 0.2) is 0 Å². The number of rotatable bonds is 8. The molecule has 37 heavy (non-hydrogen) atoms. The van der Waals surface area contributed by atoms with Crippen molar-refractivity contribution in [3.8, 4) is 0 Å². The first-order chi connectivity index (χ1) is 17.7. The zero-order chi connectivity index (χ0) is 26.2. The highest BCUT2D eigenvalue weighted by Crippen LogP contribution is 2.52. The second kappa shape index (κ2) is 10.7. The summed E-state index contributed by atoms with van der Waals surface area (Å²) in [5, 5.41) is 13.8. The van der Waals surface area contributed by atoms with Gasteiger partial charge in [0.1, 0.15) is 5.82 Å². The van der Waals surface area contributed by atoms with Gasteiger partial charge in [0.05, 0.1) is 19.6 Å². The van der Waals surface area contributed by atoms with Crippen LogP contribution in [0.25, 0.3) is 0 Å². The van der Waals surface area contributed by atoms with E-state index in [1.807, 2.05) is 0 Å². The van der Waals surface area contributed by atoms with Crippen LogP contribution in [-0.2, 0) is 22.4 Å². The van der Waals surface area contributed by atoms with Gasteiger partial charge in [0, 0.05) is 54.4 Å². The first-order valence-electron chi connectivity index (χ1n) is 12.7. The quantitative estimate of drug-likeness (QED) is 0.478. The second-order valence-electron chi connectivity index (χ2n) is 10.6. The van der Waals surface area contributed by atoms with Gasteiger partial charge >= 0.3 is 12.1 Å². The van der Waals surface area contributed by atoms with Crippen LogP contribution in [0.5, 0.6) is 0 Å². The minimum Gasteiger partial charge on any atom is -0.481 e. The van der Waals surface area contributed by atoms with Crippen LogP contribution >= 0.6 is 23.2 Å². The van der Waals surface area contributed by atoms with E-state index in [2.05, 4.69) is 22.3 Å². The minimum absolute atomic E-state index is 0.106. The van der Waals surface area contributed by atoms with Crippen LogP contribution in [0.15, 0.2) is 30.3 Å². The van der Waals surface area contributed by atoms with Crippen molar-refractivity contribution in [2.75, 3.05) is 38.6 Å². The summed E-state index contributed by atoms with van der Waals surface area (Å²) in [6.45, 7) is 3.86. The number of hydrogen-bond acceptors (Lipinski definition) is 6. The number of nitrogens with one attached hydrogen (secondary N) is 1. The van der Waals surface area contributed by atoms with Gasteiger partial charge < -0.3 is 20.1 Å². The Kier molecular flexibility index (Phi) is 7.52. The summed E-state index contributed by atoms with van der Waals surface area (Å²) in [7, 11) is 1.32. The fourth-order valence-corrected chi connectivity index (χ4v) is 6.72. The molecule has 3 aliphatic rings. The highest BCUT2D eigenvalue weighted by atomic mass is 35.5. The van der Waals surface area contributed by atoms with Crippen molar-refractivity contribution in [3.63, 3.8) is 0 Å². The van der Waals surface area contributed by atoms with Gasteiger partial charge in [-0.15, -0.1) is 0 Å². The number of carboxylic acids is 1. The van der Waals surface area contributed by atoms with Crippen LogP contribution < -0.4 is 5.32 Å². The fraction of sp³-hybridized carbons (Fsp3) is 0.519. The van der Waals surface area contributed by atoms with Gasteiger partial charge in [0.2, 0.25) is 0 Å². The number of hydrogen-bond donors (Lipinski definition) is 2. The first kappa shape index (κ1) is 26.1. The predicted molar refractivity (Wildman–Crippen MR) is 142 cm³/mol. The number of carbonyl (C=O) groups is 2. The lowest BCUT2D eigenvalue weighted by Gasteiger charge is -2.61. The molecule has 1 aromatic heterocycles. The number of likely N-dealkylation sites (tertiary alicyclic amines) is 1. The third kappa shape index (κ3) is 5.66. The molecule has 1 spiro atoms. The van der Waals surface area contributed by atoms with Crippen LogP contribution in [0.1, 0.15) is 48.5 Å². The van der Waals surface area contributed by atoms with Crippen molar-refractivity contribution in [2.45, 2.75) is 50.6 Å². The minimum atomic E-state index is -1.01. The van der Waals surface area contributed by atoms with Crippen LogP contribution in [-0.4, -0.2) is 71.3 Å². The Morgan fingerprint density at radius 3 is 2.65 bits per heavy atom. The second-order valence-corrected chi connectivity index (χ2v) is 11.4. The summed E-state index contributed by atoms with van der Waals surface area (Å²) < 4.78 is 5.09. The molecule has 1 aromatic carbocycles. The number of carbonyl (C=O) groups excluding carboxylic acids is 1. The Labute approximate surface area is 226 Å². The number of fused-ring (bicyclic) bond motifs is 1. The summed E-state index contributed by atoms with van der Waals surface area (Å²) >= 11 is 12.4. The number of ether oxygens (including phenoxy) is 1. The van der Waals surface area contributed by atoms with Crippen molar-refractivity contribution in [2.24, 2.45) is 5.41 Å². The van der Waals surface area contributed by atoms with E-state index < -0.39 is 18.1 Å². The average molecular weight is 547 g/mol. The molecule has 2 aromatic rings. The Balaban J connectivity index is 1.21. The maximum atomic E-state index is 12.9. The molecule has 10 heteroatoms. The van der Waals surface area contributed by atoms with Crippen molar-refractivity contribution in [1.29, 1.82) is 0 Å². The Morgan fingerprint density at radius 2 is 1.97 bits per heavy atom. The van der Waals surface area contributed by atoms with Gasteiger partial charge in [0.25, 0.3) is 0 Å². The molecular formula is C27H32Cl2N4O4. The van der Waals surface area contributed by atoms with E-state index in [0.29, 0.717) is 15.6 Å². The number of aryl methyl sites for hydroxylation is 1. The van der Waals surface area contributed by atoms with Crippen molar-refractivity contribution in [3.05, 3.63) is 57.2 Å². The van der Waals surface area contributed by atoms with Gasteiger partial charge in [-0.25, -0.2) is 9.78 Å². The lowest BCUT2D eigenvalue weighted by molar-refractivity contribution is -0.140. The highest BCUT2D eigenvalue weighted by molar-refractivity contribution is 6.34. The monoisotopic (exact) mass is 546 g/mol. The van der Waals surface area contributed by atoms with Crippen LogP contribution in [0.3, 0.4) is 0 Å². The lowest BCUT2D eigenvalue weighted by atomic mass is 9.60. The molecule has 0 radical (unpaired) electrons. The number of aliphatic carboxylic acids is 1. The maximum absolute atomic E-state index is 12.9. The van der Waals surface area contributed by atoms with E-state index >= 15 is 0 Å².